The summed E-state index contributed by atoms with van der Waals surface area (Å²) >= 11 is 0. The molecule has 0 unspecified atom stereocenters. The van der Waals surface area contributed by atoms with Crippen LogP contribution in [-0.4, -0.2) is 47.1 Å². The Hall–Kier alpha value is -3.43. The van der Waals surface area contributed by atoms with E-state index in [1.54, 1.807) is 39.0 Å². The second-order valence-corrected chi connectivity index (χ2v) is 7.45. The molecule has 30 heavy (non-hydrogen) atoms. The summed E-state index contributed by atoms with van der Waals surface area (Å²) in [4.78, 5) is 64.6. The van der Waals surface area contributed by atoms with Crippen molar-refractivity contribution in [3.8, 4) is 0 Å². The topological polar surface area (TPSA) is 128 Å². The zero-order valence-electron chi connectivity index (χ0n) is 17.0. The molecule has 0 aromatic heterocycles. The number of nitrogens with one attached hydrogen (secondary N) is 1. The summed E-state index contributed by atoms with van der Waals surface area (Å²) in [6.07, 6.45) is -2.53. The van der Waals surface area contributed by atoms with Gasteiger partial charge in [0.1, 0.15) is 5.60 Å². The molecule has 2 rings (SSSR count). The predicted octanol–water partition coefficient (Wildman–Crippen LogP) is 1.79. The molecular weight excluding hydrogens is 396 g/mol. The third-order valence-corrected chi connectivity index (χ3v) is 3.75. The maximum atomic E-state index is 12.5. The lowest BCUT2D eigenvalue weighted by Gasteiger charge is -2.20. The highest BCUT2D eigenvalue weighted by Gasteiger charge is 2.36. The van der Waals surface area contributed by atoms with Crippen molar-refractivity contribution in [2.75, 3.05) is 6.54 Å². The number of amides is 3. The number of carbonyl (C=O) groups excluding carboxylic acids is 5. The zero-order valence-corrected chi connectivity index (χ0v) is 17.0. The number of nitrogens with zero attached hydrogens (tertiary/aromatic N) is 1. The second-order valence-electron chi connectivity index (χ2n) is 7.45. The third kappa shape index (κ3) is 6.87. The van der Waals surface area contributed by atoms with Crippen LogP contribution in [0.5, 0.6) is 0 Å². The summed E-state index contributed by atoms with van der Waals surface area (Å²) in [5, 5.41) is 2.79. The average Bonchev–Trinajstić information content (AvgIpc) is 2.97. The maximum absolute atomic E-state index is 12.5. The van der Waals surface area contributed by atoms with Gasteiger partial charge in [0, 0.05) is 24.9 Å². The molecule has 0 aliphatic carbocycles. The standard InChI is InChI=1S/C20H24N2O8/c1-20(2,3)29-19(27)21-12-11-16(25)28-17(13-7-5-4-6-8-13)18(26)30-22-14(23)9-10-15(22)24/h4-8,17H,9-12H2,1-3H3,(H,21,27)/t17-/m0/s1. The van der Waals surface area contributed by atoms with Crippen molar-refractivity contribution in [3.05, 3.63) is 35.9 Å². The van der Waals surface area contributed by atoms with Gasteiger partial charge in [-0.2, -0.15) is 0 Å². The van der Waals surface area contributed by atoms with Crippen LogP contribution in [0.1, 0.15) is 51.7 Å². The van der Waals surface area contributed by atoms with E-state index in [0.717, 1.165) is 0 Å². The molecule has 1 saturated heterocycles. The molecule has 0 bridgehead atoms. The molecule has 3 amide bonds. The van der Waals surface area contributed by atoms with Crippen molar-refractivity contribution in [1.82, 2.24) is 10.4 Å². The number of hydrogen-bond acceptors (Lipinski definition) is 8. The fraction of sp³-hybridized carbons (Fsp3) is 0.450. The van der Waals surface area contributed by atoms with Crippen LogP contribution in [0.25, 0.3) is 0 Å². The molecule has 162 valence electrons. The normalized spacial score (nSPS) is 14.8. The van der Waals surface area contributed by atoms with Crippen molar-refractivity contribution in [3.63, 3.8) is 0 Å². The Labute approximate surface area is 173 Å². The first-order valence-electron chi connectivity index (χ1n) is 9.35. The Morgan fingerprint density at radius 1 is 1.07 bits per heavy atom. The molecule has 1 atom stereocenters. The highest BCUT2D eigenvalue weighted by Crippen LogP contribution is 2.22. The molecule has 0 spiro atoms. The number of ether oxygens (including phenoxy) is 2. The first-order valence-corrected chi connectivity index (χ1v) is 9.35. The van der Waals surface area contributed by atoms with E-state index in [9.17, 15) is 24.0 Å². The molecule has 1 heterocycles. The van der Waals surface area contributed by atoms with Gasteiger partial charge in [-0.15, -0.1) is 5.06 Å². The monoisotopic (exact) mass is 420 g/mol. The molecule has 1 aromatic rings. The summed E-state index contributed by atoms with van der Waals surface area (Å²) in [6.45, 7) is 5.03. The fourth-order valence-electron chi connectivity index (χ4n) is 2.45. The number of imide groups is 1. The van der Waals surface area contributed by atoms with Gasteiger partial charge >= 0.3 is 18.0 Å². The summed E-state index contributed by atoms with van der Waals surface area (Å²) in [6, 6.07) is 8.02. The molecule has 1 aromatic carbocycles. The lowest BCUT2D eigenvalue weighted by atomic mass is 10.1. The SMILES string of the molecule is CC(C)(C)OC(=O)NCCC(=O)O[C@H](C(=O)ON1C(=O)CCC1=O)c1ccccc1. The Morgan fingerprint density at radius 3 is 2.23 bits per heavy atom. The summed E-state index contributed by atoms with van der Waals surface area (Å²) in [5.41, 5.74) is -0.382. The van der Waals surface area contributed by atoms with Crippen molar-refractivity contribution in [2.45, 2.75) is 51.7 Å². The summed E-state index contributed by atoms with van der Waals surface area (Å²) in [7, 11) is 0. The van der Waals surface area contributed by atoms with Gasteiger partial charge in [0.25, 0.3) is 11.8 Å². The first kappa shape index (κ1) is 22.9. The largest absolute Gasteiger partial charge is 0.445 e. The second kappa shape index (κ2) is 9.86. The number of carbonyl (C=O) groups is 5. The van der Waals surface area contributed by atoms with Crippen LogP contribution in [0.2, 0.25) is 0 Å². The minimum absolute atomic E-state index is 0.0573. The number of hydroxylamine groups is 2. The van der Waals surface area contributed by atoms with Crippen LogP contribution < -0.4 is 5.32 Å². The van der Waals surface area contributed by atoms with Crippen LogP contribution in [0.15, 0.2) is 30.3 Å². The molecule has 10 heteroatoms. The minimum atomic E-state index is -1.48. The van der Waals surface area contributed by atoms with Gasteiger partial charge in [-0.25, -0.2) is 9.59 Å². The molecule has 0 saturated carbocycles. The fourth-order valence-corrected chi connectivity index (χ4v) is 2.45. The Morgan fingerprint density at radius 2 is 1.67 bits per heavy atom. The molecule has 1 fully saturated rings. The highest BCUT2D eigenvalue weighted by molar-refractivity contribution is 6.01. The third-order valence-electron chi connectivity index (χ3n) is 3.75. The summed E-state index contributed by atoms with van der Waals surface area (Å²) < 4.78 is 10.3. The van der Waals surface area contributed by atoms with E-state index in [1.165, 1.54) is 12.1 Å². The Kier molecular flexibility index (Phi) is 7.51. The van der Waals surface area contributed by atoms with Crippen molar-refractivity contribution < 1.29 is 38.3 Å². The zero-order chi connectivity index (χ0) is 22.3. The average molecular weight is 420 g/mol. The van der Waals surface area contributed by atoms with E-state index < -0.39 is 41.6 Å². The lowest BCUT2D eigenvalue weighted by Crippen LogP contribution is -2.36. The van der Waals surface area contributed by atoms with Gasteiger partial charge in [0.05, 0.1) is 6.42 Å². The molecule has 0 radical (unpaired) electrons. The van der Waals surface area contributed by atoms with E-state index in [4.69, 9.17) is 14.3 Å². The first-order chi connectivity index (χ1) is 14.1. The number of rotatable bonds is 7. The van der Waals surface area contributed by atoms with Crippen LogP contribution in [0, 0.1) is 0 Å². The molecular formula is C20H24N2O8. The van der Waals surface area contributed by atoms with Crippen LogP contribution >= 0.6 is 0 Å². The van der Waals surface area contributed by atoms with E-state index in [2.05, 4.69) is 5.32 Å². The van der Waals surface area contributed by atoms with E-state index in [-0.39, 0.29) is 25.8 Å². The van der Waals surface area contributed by atoms with E-state index in [1.807, 2.05) is 0 Å². The molecule has 1 aliphatic heterocycles. The van der Waals surface area contributed by atoms with Gasteiger partial charge in [0.15, 0.2) is 0 Å². The molecule has 1 aliphatic rings. The van der Waals surface area contributed by atoms with Crippen molar-refractivity contribution in [2.24, 2.45) is 0 Å². The van der Waals surface area contributed by atoms with Crippen LogP contribution in [-0.2, 0) is 33.5 Å². The number of hydrogen-bond donors (Lipinski definition) is 1. The minimum Gasteiger partial charge on any atom is -0.445 e. The quantitative estimate of drug-likeness (QED) is 0.522. The predicted molar refractivity (Wildman–Crippen MR) is 101 cm³/mol. The lowest BCUT2D eigenvalue weighted by molar-refractivity contribution is -0.206. The molecule has 1 N–H and O–H groups in total. The van der Waals surface area contributed by atoms with Gasteiger partial charge < -0.3 is 19.6 Å². The maximum Gasteiger partial charge on any atom is 0.407 e. The van der Waals surface area contributed by atoms with Gasteiger partial charge in [-0.05, 0) is 20.8 Å². The van der Waals surface area contributed by atoms with Gasteiger partial charge in [-0.3, -0.25) is 14.4 Å². The van der Waals surface area contributed by atoms with Crippen molar-refractivity contribution >= 4 is 29.8 Å². The van der Waals surface area contributed by atoms with E-state index in [0.29, 0.717) is 10.6 Å². The van der Waals surface area contributed by atoms with Crippen molar-refractivity contribution in [1.29, 1.82) is 0 Å². The van der Waals surface area contributed by atoms with Crippen LogP contribution in [0.3, 0.4) is 0 Å². The van der Waals surface area contributed by atoms with Crippen LogP contribution in [0.4, 0.5) is 4.79 Å². The van der Waals surface area contributed by atoms with Gasteiger partial charge in [0.2, 0.25) is 6.10 Å². The smallest absolute Gasteiger partial charge is 0.407 e. The van der Waals surface area contributed by atoms with Gasteiger partial charge in [-0.1, -0.05) is 30.3 Å². The molecule has 10 nitrogen and oxygen atoms in total. The Bertz CT molecular complexity index is 800. The summed E-state index contributed by atoms with van der Waals surface area (Å²) in [5.74, 6) is -3.17. The Balaban J connectivity index is 1.97. The van der Waals surface area contributed by atoms with E-state index >= 15 is 0 Å². The highest BCUT2D eigenvalue weighted by atomic mass is 16.7. The number of benzene rings is 1. The number of alkyl carbamates (subject to hydrolysis) is 1. The number of esters is 1.